The van der Waals surface area contributed by atoms with Crippen LogP contribution in [0.1, 0.15) is 40.0 Å². The Balaban J connectivity index is 2.50. The fourth-order valence-corrected chi connectivity index (χ4v) is 2.20. The first-order valence-corrected chi connectivity index (χ1v) is 5.60. The highest BCUT2D eigenvalue weighted by Crippen LogP contribution is 2.45. The van der Waals surface area contributed by atoms with Crippen LogP contribution in [0.25, 0.3) is 0 Å². The zero-order chi connectivity index (χ0) is 10.6. The first kappa shape index (κ1) is 12.0. The fraction of sp³-hybridized carbons (Fsp3) is 1.00. The molecule has 0 spiro atoms. The molecule has 1 rings (SSSR count). The van der Waals surface area contributed by atoms with Crippen LogP contribution >= 0.6 is 0 Å². The summed E-state index contributed by atoms with van der Waals surface area (Å²) in [6.07, 6.45) is 2.58. The van der Waals surface area contributed by atoms with Gasteiger partial charge in [0.05, 0.1) is 6.10 Å². The summed E-state index contributed by atoms with van der Waals surface area (Å²) in [6, 6.07) is 0. The smallest absolute Gasteiger partial charge is 0.171 e. The van der Waals surface area contributed by atoms with Gasteiger partial charge in [-0.1, -0.05) is 0 Å². The molecule has 3 heteroatoms. The highest BCUT2D eigenvalue weighted by Gasteiger charge is 2.48. The van der Waals surface area contributed by atoms with Crippen molar-refractivity contribution in [3.63, 3.8) is 0 Å². The zero-order valence-corrected chi connectivity index (χ0v) is 9.45. The maximum Gasteiger partial charge on any atom is 0.171 e. The molecular weight excluding hydrogens is 180 g/mol. The third-order valence-electron chi connectivity index (χ3n) is 2.87. The fourth-order valence-electron chi connectivity index (χ4n) is 2.20. The van der Waals surface area contributed by atoms with Gasteiger partial charge in [-0.05, 0) is 33.6 Å². The Morgan fingerprint density at radius 1 is 1.36 bits per heavy atom. The van der Waals surface area contributed by atoms with Crippen LogP contribution < -0.4 is 0 Å². The Morgan fingerprint density at radius 3 is 2.21 bits per heavy atom. The van der Waals surface area contributed by atoms with E-state index >= 15 is 0 Å². The Hall–Kier alpha value is -0.120. The van der Waals surface area contributed by atoms with Crippen molar-refractivity contribution in [1.82, 2.24) is 0 Å². The van der Waals surface area contributed by atoms with Crippen molar-refractivity contribution < 1.29 is 14.6 Å². The van der Waals surface area contributed by atoms with Crippen LogP contribution in [0, 0.1) is 5.92 Å². The van der Waals surface area contributed by atoms with Gasteiger partial charge in [-0.15, -0.1) is 0 Å². The van der Waals surface area contributed by atoms with Gasteiger partial charge >= 0.3 is 0 Å². The molecule has 1 aliphatic carbocycles. The van der Waals surface area contributed by atoms with Crippen molar-refractivity contribution in [1.29, 1.82) is 0 Å². The third-order valence-corrected chi connectivity index (χ3v) is 2.87. The van der Waals surface area contributed by atoms with E-state index in [2.05, 4.69) is 0 Å². The van der Waals surface area contributed by atoms with Crippen LogP contribution in [-0.4, -0.2) is 30.2 Å². The predicted octanol–water partition coefficient (Wildman–Crippen LogP) is 1.94. The van der Waals surface area contributed by atoms with E-state index < -0.39 is 0 Å². The molecule has 0 bridgehead atoms. The van der Waals surface area contributed by atoms with Gasteiger partial charge in [0.2, 0.25) is 0 Å². The molecule has 2 unspecified atom stereocenters. The number of aliphatic hydroxyl groups excluding tert-OH is 1. The molecule has 14 heavy (non-hydrogen) atoms. The largest absolute Gasteiger partial charge is 0.393 e. The summed E-state index contributed by atoms with van der Waals surface area (Å²) in [5.41, 5.74) is 0. The lowest BCUT2D eigenvalue weighted by Crippen LogP contribution is -2.52. The summed E-state index contributed by atoms with van der Waals surface area (Å²) in [4.78, 5) is 0. The molecule has 0 heterocycles. The zero-order valence-electron chi connectivity index (χ0n) is 9.45. The maximum atomic E-state index is 9.35. The van der Waals surface area contributed by atoms with E-state index in [1.165, 1.54) is 0 Å². The average molecular weight is 202 g/mol. The Labute approximate surface area is 86.4 Å². The Bertz CT molecular complexity index is 162. The molecule has 1 N–H and O–H groups in total. The monoisotopic (exact) mass is 202 g/mol. The van der Waals surface area contributed by atoms with Crippen LogP contribution in [0.2, 0.25) is 0 Å². The Kier molecular flexibility index (Phi) is 4.35. The summed E-state index contributed by atoms with van der Waals surface area (Å²) in [7, 11) is 0. The van der Waals surface area contributed by atoms with Crippen molar-refractivity contribution in [2.24, 2.45) is 5.92 Å². The molecule has 0 aromatic carbocycles. The first-order valence-electron chi connectivity index (χ1n) is 5.60. The van der Waals surface area contributed by atoms with E-state index in [1.807, 2.05) is 20.8 Å². The van der Waals surface area contributed by atoms with Gasteiger partial charge in [0, 0.05) is 25.6 Å². The van der Waals surface area contributed by atoms with E-state index in [4.69, 9.17) is 9.47 Å². The van der Waals surface area contributed by atoms with Gasteiger partial charge in [-0.3, -0.25) is 0 Å². The molecule has 3 nitrogen and oxygen atoms in total. The van der Waals surface area contributed by atoms with Crippen LogP contribution in [0.5, 0.6) is 0 Å². The van der Waals surface area contributed by atoms with E-state index in [9.17, 15) is 5.11 Å². The normalized spacial score (nSPS) is 27.0. The summed E-state index contributed by atoms with van der Waals surface area (Å²) >= 11 is 0. The SMILES string of the molecule is CCOC1(OCC)CCC1CC(C)O. The second-order valence-electron chi connectivity index (χ2n) is 4.00. The van der Waals surface area contributed by atoms with Crippen LogP contribution in [0.4, 0.5) is 0 Å². The van der Waals surface area contributed by atoms with Gasteiger partial charge < -0.3 is 14.6 Å². The molecule has 1 fully saturated rings. The van der Waals surface area contributed by atoms with Crippen molar-refractivity contribution in [2.45, 2.75) is 51.9 Å². The van der Waals surface area contributed by atoms with Crippen LogP contribution in [0.15, 0.2) is 0 Å². The van der Waals surface area contributed by atoms with Gasteiger partial charge in [0.25, 0.3) is 0 Å². The van der Waals surface area contributed by atoms with Gasteiger partial charge in [0.15, 0.2) is 5.79 Å². The molecule has 0 amide bonds. The average Bonchev–Trinajstić information content (AvgIpc) is 2.12. The minimum Gasteiger partial charge on any atom is -0.393 e. The molecule has 0 aliphatic heterocycles. The third kappa shape index (κ3) is 2.47. The van der Waals surface area contributed by atoms with Crippen LogP contribution in [-0.2, 0) is 9.47 Å². The molecule has 84 valence electrons. The van der Waals surface area contributed by atoms with Crippen molar-refractivity contribution >= 4 is 0 Å². The van der Waals surface area contributed by atoms with Gasteiger partial charge in [-0.25, -0.2) is 0 Å². The molecular formula is C11H22O3. The van der Waals surface area contributed by atoms with E-state index in [1.54, 1.807) is 0 Å². The van der Waals surface area contributed by atoms with E-state index in [0.29, 0.717) is 19.1 Å². The standard InChI is InChI=1S/C11H22O3/c1-4-13-11(14-5-2)7-6-10(11)8-9(3)12/h9-10,12H,4-8H2,1-3H3. The van der Waals surface area contributed by atoms with E-state index in [0.717, 1.165) is 19.3 Å². The van der Waals surface area contributed by atoms with Crippen molar-refractivity contribution in [2.75, 3.05) is 13.2 Å². The highest BCUT2D eigenvalue weighted by atomic mass is 16.7. The molecule has 1 aliphatic rings. The predicted molar refractivity (Wildman–Crippen MR) is 55.0 cm³/mol. The summed E-state index contributed by atoms with van der Waals surface area (Å²) in [5, 5.41) is 9.35. The number of hydrogen-bond acceptors (Lipinski definition) is 3. The van der Waals surface area contributed by atoms with E-state index in [-0.39, 0.29) is 11.9 Å². The topological polar surface area (TPSA) is 38.7 Å². The lowest BCUT2D eigenvalue weighted by molar-refractivity contribution is -0.311. The molecule has 1 saturated carbocycles. The van der Waals surface area contributed by atoms with Crippen molar-refractivity contribution in [3.8, 4) is 0 Å². The second kappa shape index (κ2) is 5.10. The number of hydrogen-bond donors (Lipinski definition) is 1. The van der Waals surface area contributed by atoms with Crippen LogP contribution in [0.3, 0.4) is 0 Å². The minimum atomic E-state index is -0.388. The Morgan fingerprint density at radius 2 is 1.93 bits per heavy atom. The molecule has 0 radical (unpaired) electrons. The maximum absolute atomic E-state index is 9.35. The van der Waals surface area contributed by atoms with Gasteiger partial charge in [0.1, 0.15) is 0 Å². The summed E-state index contributed by atoms with van der Waals surface area (Å²) in [6.45, 7) is 7.14. The molecule has 2 atom stereocenters. The lowest BCUT2D eigenvalue weighted by Gasteiger charge is -2.48. The second-order valence-corrected chi connectivity index (χ2v) is 4.00. The highest BCUT2D eigenvalue weighted by molar-refractivity contribution is 4.91. The van der Waals surface area contributed by atoms with Gasteiger partial charge in [-0.2, -0.15) is 0 Å². The number of rotatable bonds is 6. The summed E-state index contributed by atoms with van der Waals surface area (Å²) < 4.78 is 11.4. The minimum absolute atomic E-state index is 0.263. The number of ether oxygens (including phenoxy) is 2. The molecule has 0 aromatic rings. The molecule has 0 saturated heterocycles. The number of aliphatic hydroxyl groups is 1. The first-order chi connectivity index (χ1) is 6.64. The summed E-state index contributed by atoms with van der Waals surface area (Å²) in [5.74, 6) is -0.0251. The lowest BCUT2D eigenvalue weighted by atomic mass is 9.74. The quantitative estimate of drug-likeness (QED) is 0.669. The van der Waals surface area contributed by atoms with Crippen molar-refractivity contribution in [3.05, 3.63) is 0 Å². The molecule has 0 aromatic heterocycles.